The van der Waals surface area contributed by atoms with Crippen LogP contribution >= 0.6 is 0 Å². The molecule has 3 aromatic rings. The van der Waals surface area contributed by atoms with Gasteiger partial charge in [-0.3, -0.25) is 19.0 Å². The Morgan fingerprint density at radius 3 is 2.62 bits per heavy atom. The zero-order chi connectivity index (χ0) is 27.1. The van der Waals surface area contributed by atoms with Gasteiger partial charge in [-0.2, -0.15) is 0 Å². The maximum atomic E-state index is 13.5. The molecule has 2 aromatic heterocycles. The third-order valence-electron chi connectivity index (χ3n) is 5.58. The zero-order valence-electron chi connectivity index (χ0n) is 21.2. The van der Waals surface area contributed by atoms with Gasteiger partial charge in [0.1, 0.15) is 5.82 Å². The van der Waals surface area contributed by atoms with Crippen LogP contribution in [0.15, 0.2) is 53.7 Å². The Labute approximate surface area is 213 Å². The van der Waals surface area contributed by atoms with Gasteiger partial charge in [0.2, 0.25) is 5.91 Å². The number of allylic oxidation sites excluding steroid dienone is 1. The van der Waals surface area contributed by atoms with Gasteiger partial charge in [-0.1, -0.05) is 6.08 Å². The van der Waals surface area contributed by atoms with Crippen LogP contribution in [0.3, 0.4) is 0 Å². The second-order valence-corrected chi connectivity index (χ2v) is 9.00. The van der Waals surface area contributed by atoms with Crippen molar-refractivity contribution in [3.8, 4) is 0 Å². The number of benzene rings is 1. The minimum atomic E-state index is -1.11. The highest BCUT2D eigenvalue weighted by molar-refractivity contribution is 5.88. The number of likely N-dealkylation sites (N-methyl/N-ethyl adjacent to an activating group) is 1. The minimum Gasteiger partial charge on any atom is -0.438 e. The third-order valence-corrected chi connectivity index (χ3v) is 5.58. The second-order valence-electron chi connectivity index (χ2n) is 9.00. The first-order chi connectivity index (χ1) is 17.5. The number of H-pyrrole nitrogens is 1. The van der Waals surface area contributed by atoms with Crippen molar-refractivity contribution >= 4 is 28.7 Å². The lowest BCUT2D eigenvalue weighted by atomic mass is 10.0. The summed E-state index contributed by atoms with van der Waals surface area (Å²) in [5, 5.41) is 0.675. The number of hydrogen-bond acceptors (Lipinski definition) is 6. The van der Waals surface area contributed by atoms with E-state index in [2.05, 4.69) is 9.97 Å². The number of carbonyl (C=O) groups excluding carboxylic acids is 3. The molecule has 0 aliphatic heterocycles. The molecule has 2 heterocycles. The summed E-state index contributed by atoms with van der Waals surface area (Å²) in [6, 6.07) is 6.10. The van der Waals surface area contributed by atoms with Gasteiger partial charge in [-0.05, 0) is 43.2 Å². The van der Waals surface area contributed by atoms with Gasteiger partial charge in [-0.15, -0.1) is 0 Å². The summed E-state index contributed by atoms with van der Waals surface area (Å²) in [6.07, 6.45) is 4.05. The first kappa shape index (κ1) is 27.3. The Balaban J connectivity index is 1.74. The molecule has 0 bridgehead atoms. The lowest BCUT2D eigenvalue weighted by Crippen LogP contribution is -2.35. The van der Waals surface area contributed by atoms with Crippen molar-refractivity contribution < 1.29 is 23.5 Å². The average Bonchev–Trinajstić information content (AvgIpc) is 3.24. The number of nitrogens with one attached hydrogen (secondary N) is 1. The molecule has 0 unspecified atom stereocenters. The van der Waals surface area contributed by atoms with Crippen molar-refractivity contribution in [1.29, 1.82) is 0 Å². The van der Waals surface area contributed by atoms with Crippen LogP contribution in [-0.2, 0) is 27.3 Å². The summed E-state index contributed by atoms with van der Waals surface area (Å²) in [4.78, 5) is 59.8. The van der Waals surface area contributed by atoms with Gasteiger partial charge in [0.25, 0.3) is 5.56 Å². The van der Waals surface area contributed by atoms with Crippen molar-refractivity contribution in [1.82, 2.24) is 24.3 Å². The number of amides is 2. The van der Waals surface area contributed by atoms with E-state index in [0.717, 1.165) is 5.52 Å². The van der Waals surface area contributed by atoms with Crippen molar-refractivity contribution in [3.63, 3.8) is 0 Å². The smallest absolute Gasteiger partial charge is 0.409 e. The number of ether oxygens (including phenoxy) is 1. The van der Waals surface area contributed by atoms with Crippen molar-refractivity contribution in [2.45, 2.75) is 31.9 Å². The normalized spacial score (nSPS) is 12.0. The lowest BCUT2D eigenvalue weighted by Gasteiger charge is -2.19. The molecule has 0 fully saturated rings. The second kappa shape index (κ2) is 12.1. The van der Waals surface area contributed by atoms with Gasteiger partial charge in [0, 0.05) is 63.0 Å². The van der Waals surface area contributed by atoms with Crippen LogP contribution in [-0.4, -0.2) is 76.4 Å². The van der Waals surface area contributed by atoms with E-state index < -0.39 is 23.5 Å². The Kier molecular flexibility index (Phi) is 8.94. The van der Waals surface area contributed by atoms with Crippen LogP contribution in [0.2, 0.25) is 0 Å². The molecule has 37 heavy (non-hydrogen) atoms. The topological polar surface area (TPSA) is 118 Å². The van der Waals surface area contributed by atoms with Crippen LogP contribution < -0.4 is 5.56 Å². The van der Waals surface area contributed by atoms with Crippen molar-refractivity contribution in [3.05, 3.63) is 76.4 Å². The van der Waals surface area contributed by atoms with E-state index in [1.165, 1.54) is 59.2 Å². The number of Topliss-reactive ketones (excluding diaryl/α,β-unsaturated/α-hetero) is 1. The Morgan fingerprint density at radius 1 is 1.16 bits per heavy atom. The summed E-state index contributed by atoms with van der Waals surface area (Å²) in [5.41, 5.74) is 1.14. The Bertz CT molecular complexity index is 1380. The van der Waals surface area contributed by atoms with Gasteiger partial charge in [-0.25, -0.2) is 14.2 Å². The van der Waals surface area contributed by atoms with E-state index in [1.54, 1.807) is 32.3 Å². The molecule has 3 rings (SSSR count). The number of rotatable bonds is 10. The molecule has 10 nitrogen and oxygen atoms in total. The van der Waals surface area contributed by atoms with Crippen molar-refractivity contribution in [2.75, 3.05) is 28.2 Å². The molecule has 2 amide bonds. The molecular formula is C26H30FN5O5. The Hall–Kier alpha value is -4.28. The average molecular weight is 512 g/mol. The number of halogens is 1. The fraction of sp³-hybridized carbons (Fsp3) is 0.346. The Morgan fingerprint density at radius 2 is 1.92 bits per heavy atom. The molecule has 0 aliphatic carbocycles. The maximum Gasteiger partial charge on any atom is 0.409 e. The first-order valence-electron chi connectivity index (χ1n) is 11.6. The van der Waals surface area contributed by atoms with Gasteiger partial charge in [0.05, 0.1) is 12.9 Å². The molecule has 1 aromatic carbocycles. The predicted octanol–water partition coefficient (Wildman–Crippen LogP) is 2.51. The molecule has 196 valence electrons. The quantitative estimate of drug-likeness (QED) is 0.418. The van der Waals surface area contributed by atoms with E-state index in [0.29, 0.717) is 17.5 Å². The molecule has 1 N–H and O–H groups in total. The number of ketones is 1. The van der Waals surface area contributed by atoms with Gasteiger partial charge >= 0.3 is 6.09 Å². The van der Waals surface area contributed by atoms with Gasteiger partial charge in [0.15, 0.2) is 11.9 Å². The number of carbonyl (C=O) groups is 3. The molecule has 0 spiro atoms. The summed E-state index contributed by atoms with van der Waals surface area (Å²) in [5.74, 6) is -1.02. The van der Waals surface area contributed by atoms with Crippen LogP contribution in [0, 0.1) is 5.82 Å². The van der Waals surface area contributed by atoms with Gasteiger partial charge < -0.3 is 19.5 Å². The monoisotopic (exact) mass is 511 g/mol. The summed E-state index contributed by atoms with van der Waals surface area (Å²) in [6.45, 7) is 0.147. The fourth-order valence-corrected chi connectivity index (χ4v) is 3.56. The summed E-state index contributed by atoms with van der Waals surface area (Å²) < 4.78 is 20.2. The number of aromatic amines is 1. The lowest BCUT2D eigenvalue weighted by molar-refractivity contribution is -0.127. The fourth-order valence-electron chi connectivity index (χ4n) is 3.56. The highest BCUT2D eigenvalue weighted by atomic mass is 19.1. The zero-order valence-corrected chi connectivity index (χ0v) is 21.2. The van der Waals surface area contributed by atoms with Crippen molar-refractivity contribution in [2.24, 2.45) is 0 Å². The molecule has 1 atom stereocenters. The minimum absolute atomic E-state index is 0.147. The molecular weight excluding hydrogens is 481 g/mol. The number of nitrogens with zero attached hydrogens (tertiary/aromatic N) is 4. The number of fused-ring (bicyclic) bond motifs is 1. The van der Waals surface area contributed by atoms with E-state index in [1.807, 2.05) is 0 Å². The molecule has 0 saturated heterocycles. The van der Waals surface area contributed by atoms with Crippen LogP contribution in [0.1, 0.15) is 24.1 Å². The standard InChI is InChI=1S/C26H30FN5O5/c1-30(2)24(34)8-6-5-7-23(37-26(36)31(3)4)22(33)13-18-14-28-16-32(25(18)35)15-20-12-17-11-19(27)9-10-21(17)29-20/h6,8-12,14,16,23,29H,5,7,13,15H2,1-4H3/b8-6+/t23-/m0/s1. The third kappa shape index (κ3) is 7.35. The van der Waals surface area contributed by atoms with E-state index in [4.69, 9.17) is 4.74 Å². The summed E-state index contributed by atoms with van der Waals surface area (Å²) in [7, 11) is 6.24. The molecule has 0 saturated carbocycles. The van der Waals surface area contributed by atoms with E-state index >= 15 is 0 Å². The maximum absolute atomic E-state index is 13.5. The first-order valence-corrected chi connectivity index (χ1v) is 11.6. The van der Waals surface area contributed by atoms with Crippen LogP contribution in [0.5, 0.6) is 0 Å². The largest absolute Gasteiger partial charge is 0.438 e. The highest BCUT2D eigenvalue weighted by Gasteiger charge is 2.24. The number of aromatic nitrogens is 3. The van der Waals surface area contributed by atoms with E-state index in [-0.39, 0.29) is 36.7 Å². The molecule has 11 heteroatoms. The van der Waals surface area contributed by atoms with Crippen LogP contribution in [0.4, 0.5) is 9.18 Å². The number of hydrogen-bond donors (Lipinski definition) is 1. The highest BCUT2D eigenvalue weighted by Crippen LogP contribution is 2.17. The SMILES string of the molecule is CN(C)C(=O)/C=C/CC[C@H](OC(=O)N(C)C)C(=O)Cc1cncn(Cc2cc3cc(F)ccc3[nH]2)c1=O. The predicted molar refractivity (Wildman–Crippen MR) is 136 cm³/mol. The van der Waals surface area contributed by atoms with Crippen LogP contribution in [0.25, 0.3) is 10.9 Å². The molecule has 0 aliphatic rings. The van der Waals surface area contributed by atoms with E-state index in [9.17, 15) is 23.6 Å². The summed E-state index contributed by atoms with van der Waals surface area (Å²) >= 11 is 0. The molecule has 0 radical (unpaired) electrons.